The molecule has 3 nitrogen and oxygen atoms in total. The van der Waals surface area contributed by atoms with Crippen molar-refractivity contribution in [2.24, 2.45) is 0 Å². The molecule has 0 aliphatic heterocycles. The van der Waals surface area contributed by atoms with Gasteiger partial charge in [-0.3, -0.25) is 4.90 Å². The molecular weight excluding hydrogens is 284 g/mol. The van der Waals surface area contributed by atoms with Crippen LogP contribution in [-0.2, 0) is 13.1 Å². The molecule has 0 saturated heterocycles. The van der Waals surface area contributed by atoms with Crippen molar-refractivity contribution in [3.05, 3.63) is 58.5 Å². The van der Waals surface area contributed by atoms with Gasteiger partial charge in [0.2, 0.25) is 0 Å². The predicted molar refractivity (Wildman–Crippen MR) is 87.4 cm³/mol. The summed E-state index contributed by atoms with van der Waals surface area (Å²) >= 11 is 6.06. The molecule has 21 heavy (non-hydrogen) atoms. The van der Waals surface area contributed by atoms with Gasteiger partial charge in [-0.25, -0.2) is 0 Å². The number of nitrogens with zero attached hydrogens (tertiary/aromatic N) is 1. The Labute approximate surface area is 131 Å². The number of benzene rings is 1. The van der Waals surface area contributed by atoms with Crippen LogP contribution in [0.25, 0.3) is 0 Å². The Morgan fingerprint density at radius 2 is 2.00 bits per heavy atom. The topological polar surface area (TPSA) is 28.4 Å². The van der Waals surface area contributed by atoms with Crippen molar-refractivity contribution in [1.82, 2.24) is 10.2 Å². The lowest BCUT2D eigenvalue weighted by atomic mass is 10.1. The lowest BCUT2D eigenvalue weighted by molar-refractivity contribution is 0.230. The second-order valence-corrected chi connectivity index (χ2v) is 5.73. The van der Waals surface area contributed by atoms with Crippen LogP contribution in [0, 0.1) is 0 Å². The third kappa shape index (κ3) is 4.60. The van der Waals surface area contributed by atoms with Crippen molar-refractivity contribution in [3.63, 3.8) is 0 Å². The van der Waals surface area contributed by atoms with E-state index in [1.54, 1.807) is 0 Å². The van der Waals surface area contributed by atoms with Crippen LogP contribution in [-0.4, -0.2) is 18.5 Å². The molecule has 0 bridgehead atoms. The average molecular weight is 307 g/mol. The van der Waals surface area contributed by atoms with Crippen molar-refractivity contribution in [2.45, 2.75) is 33.0 Å². The van der Waals surface area contributed by atoms with Gasteiger partial charge in [0.25, 0.3) is 0 Å². The van der Waals surface area contributed by atoms with Gasteiger partial charge in [-0.2, -0.15) is 0 Å². The fourth-order valence-electron chi connectivity index (χ4n) is 2.25. The molecule has 0 saturated carbocycles. The fourth-order valence-corrected chi connectivity index (χ4v) is 2.45. The molecule has 114 valence electrons. The van der Waals surface area contributed by atoms with Crippen LogP contribution in [0.2, 0.25) is 5.02 Å². The van der Waals surface area contributed by atoms with Crippen molar-refractivity contribution < 1.29 is 4.42 Å². The molecule has 1 heterocycles. The first-order chi connectivity index (χ1) is 10.1. The number of nitrogens with one attached hydrogen (secondary N) is 1. The minimum absolute atomic E-state index is 0.283. The Balaban J connectivity index is 1.97. The van der Waals surface area contributed by atoms with Crippen LogP contribution in [0.5, 0.6) is 0 Å². The van der Waals surface area contributed by atoms with Crippen molar-refractivity contribution in [3.8, 4) is 0 Å². The van der Waals surface area contributed by atoms with E-state index in [9.17, 15) is 0 Å². The Kier molecular flexibility index (Phi) is 5.85. The zero-order chi connectivity index (χ0) is 15.2. The first-order valence-electron chi connectivity index (χ1n) is 7.34. The molecule has 0 spiro atoms. The highest BCUT2D eigenvalue weighted by molar-refractivity contribution is 6.30. The van der Waals surface area contributed by atoms with E-state index >= 15 is 0 Å². The van der Waals surface area contributed by atoms with Gasteiger partial charge in [-0.15, -0.1) is 0 Å². The normalized spacial score (nSPS) is 12.8. The van der Waals surface area contributed by atoms with Gasteiger partial charge in [0.15, 0.2) is 0 Å². The van der Waals surface area contributed by atoms with E-state index < -0.39 is 0 Å². The monoisotopic (exact) mass is 306 g/mol. The van der Waals surface area contributed by atoms with Crippen LogP contribution < -0.4 is 5.32 Å². The van der Waals surface area contributed by atoms with E-state index in [2.05, 4.69) is 37.2 Å². The largest absolute Gasteiger partial charge is 0.463 e. The molecule has 1 aromatic heterocycles. The summed E-state index contributed by atoms with van der Waals surface area (Å²) in [5.74, 6) is 1.97. The Bertz CT molecular complexity index is 567. The SMILES string of the molecule is CCNCc1ccc(CN(C)C(C)c2cccc(Cl)c2)o1. The average Bonchev–Trinajstić information content (AvgIpc) is 2.91. The van der Waals surface area contributed by atoms with E-state index in [1.807, 2.05) is 30.3 Å². The standard InChI is InChI=1S/C17H23ClN2O/c1-4-19-11-16-8-9-17(21-16)12-20(3)13(2)14-6-5-7-15(18)10-14/h5-10,13,19H,4,11-12H2,1-3H3. The summed E-state index contributed by atoms with van der Waals surface area (Å²) in [7, 11) is 2.10. The Hall–Kier alpha value is -1.29. The maximum Gasteiger partial charge on any atom is 0.118 e. The molecule has 0 fully saturated rings. The van der Waals surface area contributed by atoms with E-state index in [-0.39, 0.29) is 6.04 Å². The molecule has 2 rings (SSSR count). The van der Waals surface area contributed by atoms with Crippen molar-refractivity contribution in [2.75, 3.05) is 13.6 Å². The Morgan fingerprint density at radius 1 is 1.24 bits per heavy atom. The van der Waals surface area contributed by atoms with Crippen LogP contribution in [0.3, 0.4) is 0 Å². The molecule has 4 heteroatoms. The van der Waals surface area contributed by atoms with Gasteiger partial charge in [-0.1, -0.05) is 30.7 Å². The van der Waals surface area contributed by atoms with E-state index in [4.69, 9.17) is 16.0 Å². The Morgan fingerprint density at radius 3 is 2.71 bits per heavy atom. The van der Waals surface area contributed by atoms with Crippen LogP contribution in [0.1, 0.15) is 37.0 Å². The predicted octanol–water partition coefficient (Wildman–Crippen LogP) is 4.24. The second-order valence-electron chi connectivity index (χ2n) is 5.29. The molecule has 2 aromatic rings. The van der Waals surface area contributed by atoms with Gasteiger partial charge < -0.3 is 9.73 Å². The van der Waals surface area contributed by atoms with Gasteiger partial charge in [0.05, 0.1) is 13.1 Å². The van der Waals surface area contributed by atoms with Crippen LogP contribution in [0.15, 0.2) is 40.8 Å². The smallest absolute Gasteiger partial charge is 0.118 e. The summed E-state index contributed by atoms with van der Waals surface area (Å²) in [5, 5.41) is 4.04. The van der Waals surface area contributed by atoms with Gasteiger partial charge in [-0.05, 0) is 50.3 Å². The van der Waals surface area contributed by atoms with Crippen LogP contribution >= 0.6 is 11.6 Å². The molecule has 0 radical (unpaired) electrons. The van der Waals surface area contributed by atoms with Crippen molar-refractivity contribution >= 4 is 11.6 Å². The molecule has 1 atom stereocenters. The number of halogens is 1. The minimum Gasteiger partial charge on any atom is -0.463 e. The lowest BCUT2D eigenvalue weighted by Gasteiger charge is -2.24. The first kappa shape index (κ1) is 16.1. The van der Waals surface area contributed by atoms with E-state index in [0.717, 1.165) is 36.2 Å². The molecule has 1 aromatic carbocycles. The summed E-state index contributed by atoms with van der Waals surface area (Å²) < 4.78 is 5.84. The highest BCUT2D eigenvalue weighted by Crippen LogP contribution is 2.23. The fraction of sp³-hybridized carbons (Fsp3) is 0.412. The maximum absolute atomic E-state index is 6.06. The summed E-state index contributed by atoms with van der Waals surface area (Å²) in [4.78, 5) is 2.25. The third-order valence-electron chi connectivity index (χ3n) is 3.66. The first-order valence-corrected chi connectivity index (χ1v) is 7.72. The quantitative estimate of drug-likeness (QED) is 0.829. The van der Waals surface area contributed by atoms with Crippen molar-refractivity contribution in [1.29, 1.82) is 0 Å². The lowest BCUT2D eigenvalue weighted by Crippen LogP contribution is -2.21. The molecule has 0 amide bonds. The maximum atomic E-state index is 6.06. The third-order valence-corrected chi connectivity index (χ3v) is 3.90. The highest BCUT2D eigenvalue weighted by Gasteiger charge is 2.14. The van der Waals surface area contributed by atoms with E-state index in [0.29, 0.717) is 0 Å². The zero-order valence-corrected chi connectivity index (χ0v) is 13.7. The zero-order valence-electron chi connectivity index (χ0n) is 12.9. The van der Waals surface area contributed by atoms with Gasteiger partial charge >= 0.3 is 0 Å². The summed E-state index contributed by atoms with van der Waals surface area (Å²) in [5.41, 5.74) is 1.21. The molecule has 0 aliphatic rings. The summed E-state index contributed by atoms with van der Waals surface area (Å²) in [6.07, 6.45) is 0. The number of furan rings is 1. The molecule has 1 N–H and O–H groups in total. The minimum atomic E-state index is 0.283. The number of rotatable bonds is 7. The van der Waals surface area contributed by atoms with E-state index in [1.165, 1.54) is 5.56 Å². The second kappa shape index (κ2) is 7.64. The number of hydrogen-bond acceptors (Lipinski definition) is 3. The highest BCUT2D eigenvalue weighted by atomic mass is 35.5. The molecule has 1 unspecified atom stereocenters. The summed E-state index contributed by atoms with van der Waals surface area (Å²) in [6, 6.07) is 12.4. The van der Waals surface area contributed by atoms with Crippen LogP contribution in [0.4, 0.5) is 0 Å². The number of hydrogen-bond donors (Lipinski definition) is 1. The molecule has 0 aliphatic carbocycles. The molecular formula is C17H23ClN2O. The van der Waals surface area contributed by atoms with Gasteiger partial charge in [0, 0.05) is 11.1 Å². The van der Waals surface area contributed by atoms with Gasteiger partial charge in [0.1, 0.15) is 11.5 Å². The summed E-state index contributed by atoms with van der Waals surface area (Å²) in [6.45, 7) is 6.77.